The van der Waals surface area contributed by atoms with Crippen LogP contribution in [-0.4, -0.2) is 42.5 Å². The summed E-state index contributed by atoms with van der Waals surface area (Å²) in [7, 11) is 1.78. The first-order valence-corrected chi connectivity index (χ1v) is 9.91. The Balaban J connectivity index is 1.93. The Bertz CT molecular complexity index is 730. The summed E-state index contributed by atoms with van der Waals surface area (Å²) in [5, 5.41) is 11.1. The van der Waals surface area contributed by atoms with Gasteiger partial charge in [-0.05, 0) is 50.5 Å². The topological polar surface area (TPSA) is 72.7 Å². The molecule has 0 saturated carbocycles. The number of rotatable bonds is 10. The van der Waals surface area contributed by atoms with Gasteiger partial charge in [0.15, 0.2) is 17.5 Å². The number of aromatic nitrogens is 2. The first kappa shape index (κ1) is 21.6. The predicted octanol–water partition coefficient (Wildman–Crippen LogP) is 3.24. The van der Waals surface area contributed by atoms with Crippen molar-refractivity contribution in [3.8, 4) is 11.5 Å². The molecule has 2 N–H and O–H groups in total. The zero-order valence-corrected chi connectivity index (χ0v) is 17.6. The highest BCUT2D eigenvalue weighted by molar-refractivity contribution is 5.80. The third-order valence-corrected chi connectivity index (χ3v) is 4.32. The van der Waals surface area contributed by atoms with Crippen molar-refractivity contribution in [1.82, 2.24) is 20.4 Å². The van der Waals surface area contributed by atoms with Gasteiger partial charge in [0.25, 0.3) is 0 Å². The van der Waals surface area contributed by atoms with Crippen LogP contribution < -0.4 is 20.1 Å². The van der Waals surface area contributed by atoms with Crippen LogP contribution in [0.4, 0.5) is 0 Å². The van der Waals surface area contributed by atoms with E-state index in [2.05, 4.69) is 40.6 Å². The lowest BCUT2D eigenvalue weighted by atomic mass is 10.1. The summed E-state index contributed by atoms with van der Waals surface area (Å²) in [6.07, 6.45) is 3.78. The van der Waals surface area contributed by atoms with Gasteiger partial charge in [0.2, 0.25) is 0 Å². The maximum atomic E-state index is 5.73. The molecule has 7 heteroatoms. The molecule has 0 spiro atoms. The average Bonchev–Trinajstić information content (AvgIpc) is 3.19. The van der Waals surface area contributed by atoms with Crippen molar-refractivity contribution < 1.29 is 9.47 Å². The first-order valence-electron chi connectivity index (χ1n) is 9.91. The van der Waals surface area contributed by atoms with E-state index in [1.54, 1.807) is 13.2 Å². The lowest BCUT2D eigenvalue weighted by Gasteiger charge is -2.21. The van der Waals surface area contributed by atoms with Crippen LogP contribution in [0.5, 0.6) is 11.5 Å². The van der Waals surface area contributed by atoms with E-state index < -0.39 is 0 Å². The number of guanidine groups is 1. The summed E-state index contributed by atoms with van der Waals surface area (Å²) < 4.78 is 13.3. The minimum absolute atomic E-state index is 0.0718. The second-order valence-electron chi connectivity index (χ2n) is 6.72. The largest absolute Gasteiger partial charge is 0.490 e. The zero-order valence-electron chi connectivity index (χ0n) is 17.6. The summed E-state index contributed by atoms with van der Waals surface area (Å²) in [5.74, 6) is 2.73. The molecule has 0 radical (unpaired) electrons. The Labute approximate surface area is 168 Å². The van der Waals surface area contributed by atoms with Crippen LogP contribution in [0.2, 0.25) is 0 Å². The maximum absolute atomic E-state index is 5.73. The lowest BCUT2D eigenvalue weighted by molar-refractivity contribution is 0.287. The van der Waals surface area contributed by atoms with Crippen molar-refractivity contribution in [3.63, 3.8) is 0 Å². The first-order chi connectivity index (χ1) is 13.6. The number of nitrogens with one attached hydrogen (secondary N) is 2. The second kappa shape index (κ2) is 11.2. The molecule has 1 heterocycles. The Morgan fingerprint density at radius 2 is 1.93 bits per heavy atom. The van der Waals surface area contributed by atoms with Crippen molar-refractivity contribution >= 4 is 5.96 Å². The van der Waals surface area contributed by atoms with Crippen LogP contribution in [0.1, 0.15) is 39.3 Å². The van der Waals surface area contributed by atoms with Crippen molar-refractivity contribution in [2.45, 2.75) is 40.3 Å². The monoisotopic (exact) mass is 387 g/mol. The minimum atomic E-state index is 0.0718. The Morgan fingerprint density at radius 3 is 2.57 bits per heavy atom. The fourth-order valence-electron chi connectivity index (χ4n) is 2.88. The van der Waals surface area contributed by atoms with Gasteiger partial charge in [0.05, 0.1) is 19.3 Å². The molecule has 0 saturated heterocycles. The van der Waals surface area contributed by atoms with Crippen LogP contribution >= 0.6 is 0 Å². The third-order valence-electron chi connectivity index (χ3n) is 4.32. The summed E-state index contributed by atoms with van der Waals surface area (Å²) in [4.78, 5) is 4.34. The normalized spacial score (nSPS) is 13.7. The summed E-state index contributed by atoms with van der Waals surface area (Å²) in [5.41, 5.74) is 1.11. The van der Waals surface area contributed by atoms with Gasteiger partial charge in [-0.2, -0.15) is 5.10 Å². The minimum Gasteiger partial charge on any atom is -0.490 e. The van der Waals surface area contributed by atoms with Crippen molar-refractivity contribution in [2.75, 3.05) is 26.8 Å². The molecule has 0 aliphatic carbocycles. The molecule has 0 aliphatic heterocycles. The number of benzene rings is 1. The smallest absolute Gasteiger partial charge is 0.191 e. The molecule has 2 unspecified atom stereocenters. The molecule has 0 bridgehead atoms. The van der Waals surface area contributed by atoms with E-state index >= 15 is 0 Å². The molecule has 0 fully saturated rings. The molecule has 2 atom stereocenters. The zero-order chi connectivity index (χ0) is 20.4. The summed E-state index contributed by atoms with van der Waals surface area (Å²) in [6.45, 7) is 11.1. The fourth-order valence-corrected chi connectivity index (χ4v) is 2.88. The van der Waals surface area contributed by atoms with E-state index in [-0.39, 0.29) is 6.04 Å². The van der Waals surface area contributed by atoms with Gasteiger partial charge in [0, 0.05) is 32.5 Å². The SMILES string of the molecule is CCOc1ccc(C(C)NC(=NC)NCC(C)Cn2cccn2)cc1OCC. The van der Waals surface area contributed by atoms with Gasteiger partial charge in [-0.25, -0.2) is 0 Å². The van der Waals surface area contributed by atoms with Gasteiger partial charge in [-0.3, -0.25) is 9.67 Å². The van der Waals surface area contributed by atoms with Gasteiger partial charge in [-0.15, -0.1) is 0 Å². The van der Waals surface area contributed by atoms with Gasteiger partial charge in [-0.1, -0.05) is 13.0 Å². The molecule has 1 aromatic heterocycles. The molecule has 2 aromatic rings. The number of ether oxygens (including phenoxy) is 2. The average molecular weight is 388 g/mol. The van der Waals surface area contributed by atoms with E-state index in [0.29, 0.717) is 19.1 Å². The fraction of sp³-hybridized carbons (Fsp3) is 0.524. The van der Waals surface area contributed by atoms with Crippen LogP contribution in [0.15, 0.2) is 41.7 Å². The van der Waals surface area contributed by atoms with E-state index in [9.17, 15) is 0 Å². The number of hydrogen-bond acceptors (Lipinski definition) is 4. The molecule has 7 nitrogen and oxygen atoms in total. The second-order valence-corrected chi connectivity index (χ2v) is 6.72. The van der Waals surface area contributed by atoms with Crippen LogP contribution in [0, 0.1) is 5.92 Å². The molecule has 28 heavy (non-hydrogen) atoms. The molecule has 0 amide bonds. The number of nitrogens with zero attached hydrogens (tertiary/aromatic N) is 3. The lowest BCUT2D eigenvalue weighted by Crippen LogP contribution is -2.41. The van der Waals surface area contributed by atoms with E-state index in [1.807, 2.05) is 42.9 Å². The molecule has 0 aliphatic rings. The highest BCUT2D eigenvalue weighted by atomic mass is 16.5. The van der Waals surface area contributed by atoms with Crippen LogP contribution in [-0.2, 0) is 6.54 Å². The highest BCUT2D eigenvalue weighted by Gasteiger charge is 2.13. The van der Waals surface area contributed by atoms with E-state index in [1.165, 1.54) is 0 Å². The number of hydrogen-bond donors (Lipinski definition) is 2. The Kier molecular flexibility index (Phi) is 8.65. The molecule has 1 aromatic carbocycles. The molecule has 154 valence electrons. The highest BCUT2D eigenvalue weighted by Crippen LogP contribution is 2.30. The van der Waals surface area contributed by atoms with Crippen molar-refractivity contribution in [1.29, 1.82) is 0 Å². The Hall–Kier alpha value is -2.70. The standard InChI is InChI=1S/C21H33N5O2/c1-6-27-19-10-9-18(13-20(19)28-7-2)17(4)25-21(22-5)23-14-16(3)15-26-12-8-11-24-26/h8-13,16-17H,6-7,14-15H2,1-5H3,(H2,22,23,25). The van der Waals surface area contributed by atoms with E-state index in [0.717, 1.165) is 36.1 Å². The number of aliphatic imine (C=N–C) groups is 1. The predicted molar refractivity (Wildman–Crippen MR) is 113 cm³/mol. The molecular weight excluding hydrogens is 354 g/mol. The third kappa shape index (κ3) is 6.48. The van der Waals surface area contributed by atoms with E-state index in [4.69, 9.17) is 9.47 Å². The van der Waals surface area contributed by atoms with Gasteiger partial charge < -0.3 is 20.1 Å². The summed E-state index contributed by atoms with van der Waals surface area (Å²) >= 11 is 0. The van der Waals surface area contributed by atoms with Crippen LogP contribution in [0.25, 0.3) is 0 Å². The van der Waals surface area contributed by atoms with Crippen molar-refractivity contribution in [3.05, 3.63) is 42.2 Å². The maximum Gasteiger partial charge on any atom is 0.191 e. The van der Waals surface area contributed by atoms with Gasteiger partial charge >= 0.3 is 0 Å². The van der Waals surface area contributed by atoms with Crippen LogP contribution in [0.3, 0.4) is 0 Å². The van der Waals surface area contributed by atoms with Crippen molar-refractivity contribution in [2.24, 2.45) is 10.9 Å². The summed E-state index contributed by atoms with van der Waals surface area (Å²) in [6, 6.07) is 8.06. The molecule has 2 rings (SSSR count). The Morgan fingerprint density at radius 1 is 1.18 bits per heavy atom. The molecular formula is C21H33N5O2. The van der Waals surface area contributed by atoms with Gasteiger partial charge in [0.1, 0.15) is 0 Å². The quantitative estimate of drug-likeness (QED) is 0.484.